The van der Waals surface area contributed by atoms with Crippen molar-refractivity contribution in [3.63, 3.8) is 0 Å². The van der Waals surface area contributed by atoms with Crippen LogP contribution in [0.3, 0.4) is 0 Å². The van der Waals surface area contributed by atoms with Crippen molar-refractivity contribution in [3.05, 3.63) is 70.8 Å². The van der Waals surface area contributed by atoms with Gasteiger partial charge in [-0.15, -0.1) is 5.10 Å². The average molecular weight is 641 g/mol. The van der Waals surface area contributed by atoms with Gasteiger partial charge in [-0.1, -0.05) is 36.4 Å². The monoisotopic (exact) mass is 640 g/mol. The molecule has 3 aliphatic rings. The Morgan fingerprint density at radius 2 is 1.62 bits per heavy atom. The van der Waals surface area contributed by atoms with E-state index in [4.69, 9.17) is 0 Å². The quantitative estimate of drug-likeness (QED) is 0.282. The highest BCUT2D eigenvalue weighted by atomic mass is 16.2. The Bertz CT molecular complexity index is 1730. The molecule has 47 heavy (non-hydrogen) atoms. The zero-order chi connectivity index (χ0) is 32.3. The van der Waals surface area contributed by atoms with Crippen molar-refractivity contribution in [1.29, 1.82) is 0 Å². The topological polar surface area (TPSA) is 138 Å². The number of nitrogens with zero attached hydrogens (tertiary/aromatic N) is 7. The summed E-state index contributed by atoms with van der Waals surface area (Å²) >= 11 is 0. The van der Waals surface area contributed by atoms with Crippen LogP contribution in [0.2, 0.25) is 0 Å². The molecule has 0 aliphatic carbocycles. The van der Waals surface area contributed by atoms with E-state index in [1.165, 1.54) is 17.5 Å². The summed E-state index contributed by atoms with van der Waals surface area (Å²) in [7, 11) is 2.18. The van der Waals surface area contributed by atoms with Crippen molar-refractivity contribution in [2.45, 2.75) is 50.2 Å². The number of hydrogen-bond acceptors (Lipinski definition) is 7. The molecule has 1 unspecified atom stereocenters. The highest BCUT2D eigenvalue weighted by Crippen LogP contribution is 2.23. The summed E-state index contributed by atoms with van der Waals surface area (Å²) in [5.74, 6) is 0.498. The lowest BCUT2D eigenvalue weighted by Gasteiger charge is -2.43. The van der Waals surface area contributed by atoms with Crippen LogP contribution in [-0.2, 0) is 11.2 Å². The second-order valence-electron chi connectivity index (χ2n) is 13.2. The van der Waals surface area contributed by atoms with Gasteiger partial charge in [-0.3, -0.25) is 19.8 Å². The maximum Gasteiger partial charge on any atom is 0.343 e. The molecule has 0 radical (unpaired) electrons. The van der Waals surface area contributed by atoms with Crippen molar-refractivity contribution in [2.24, 2.45) is 0 Å². The minimum absolute atomic E-state index is 0.0416. The number of carbonyl (C=O) groups excluding carboxylic acids is 2. The van der Waals surface area contributed by atoms with Crippen LogP contribution >= 0.6 is 0 Å². The Balaban J connectivity index is 1.000. The van der Waals surface area contributed by atoms with Crippen LogP contribution in [0.4, 0.5) is 4.79 Å². The summed E-state index contributed by atoms with van der Waals surface area (Å²) in [4.78, 5) is 51.9. The number of nitrogens with one attached hydrogen (secondary N) is 3. The van der Waals surface area contributed by atoms with Crippen LogP contribution in [0.5, 0.6) is 0 Å². The first kappa shape index (κ1) is 31.1. The molecule has 13 nitrogen and oxygen atoms in total. The number of carbonyl (C=O) groups is 2. The molecule has 7 rings (SSSR count). The van der Waals surface area contributed by atoms with Gasteiger partial charge in [0.25, 0.3) is 0 Å². The number of piperidine rings is 2. The van der Waals surface area contributed by atoms with Gasteiger partial charge in [0.05, 0.1) is 17.8 Å². The number of rotatable bonds is 7. The molecule has 3 fully saturated rings. The van der Waals surface area contributed by atoms with E-state index in [-0.39, 0.29) is 23.7 Å². The van der Waals surface area contributed by atoms with E-state index in [9.17, 15) is 14.4 Å². The fraction of sp³-hybridized carbons (Fsp3) is 0.500. The lowest BCUT2D eigenvalue weighted by atomic mass is 10.0. The number of amides is 3. The van der Waals surface area contributed by atoms with Gasteiger partial charge in [-0.05, 0) is 63.5 Å². The summed E-state index contributed by atoms with van der Waals surface area (Å²) in [5.41, 5.74) is 2.50. The van der Waals surface area contributed by atoms with Crippen LogP contribution < -0.4 is 11.0 Å². The number of fused-ring (bicyclic) bond motifs is 1. The maximum atomic E-state index is 14.1. The summed E-state index contributed by atoms with van der Waals surface area (Å²) < 4.78 is 1.52. The second-order valence-corrected chi connectivity index (χ2v) is 13.2. The molecule has 5 heterocycles. The normalized spacial score (nSPS) is 19.7. The summed E-state index contributed by atoms with van der Waals surface area (Å²) in [6, 6.07) is 15.1. The smallest absolute Gasteiger partial charge is 0.338 e. The Kier molecular flexibility index (Phi) is 9.07. The van der Waals surface area contributed by atoms with Crippen molar-refractivity contribution >= 4 is 22.8 Å². The molecular formula is C34H44N10O3. The van der Waals surface area contributed by atoms with E-state index in [1.807, 2.05) is 53.4 Å². The summed E-state index contributed by atoms with van der Waals surface area (Å²) in [6.45, 7) is 6.19. The van der Waals surface area contributed by atoms with E-state index in [0.29, 0.717) is 57.3 Å². The molecule has 0 spiro atoms. The zero-order valence-electron chi connectivity index (χ0n) is 27.0. The Labute approximate surface area is 273 Å². The van der Waals surface area contributed by atoms with Gasteiger partial charge in [-0.2, -0.15) is 5.10 Å². The highest BCUT2D eigenvalue weighted by molar-refractivity contribution is 5.88. The van der Waals surface area contributed by atoms with Crippen LogP contribution in [0.1, 0.15) is 37.3 Å². The van der Waals surface area contributed by atoms with Gasteiger partial charge in [-0.25, -0.2) is 14.3 Å². The molecule has 4 aromatic rings. The number of hydrogen-bond donors (Lipinski definition) is 3. The third-order valence-corrected chi connectivity index (χ3v) is 10.2. The Morgan fingerprint density at radius 3 is 2.36 bits per heavy atom. The summed E-state index contributed by atoms with van der Waals surface area (Å²) in [5, 5.41) is 15.7. The van der Waals surface area contributed by atoms with E-state index in [2.05, 4.69) is 42.4 Å². The molecule has 2 aromatic carbocycles. The molecular weight excluding hydrogens is 596 g/mol. The first-order valence-electron chi connectivity index (χ1n) is 16.8. The van der Waals surface area contributed by atoms with Crippen LogP contribution in [0.25, 0.3) is 22.3 Å². The average Bonchev–Trinajstić information content (AvgIpc) is 3.75. The summed E-state index contributed by atoms with van der Waals surface area (Å²) in [6.07, 6.45) is 5.69. The van der Waals surface area contributed by atoms with Gasteiger partial charge in [0.15, 0.2) is 5.82 Å². The minimum Gasteiger partial charge on any atom is -0.338 e. The van der Waals surface area contributed by atoms with E-state index in [1.54, 1.807) is 11.1 Å². The molecule has 0 saturated carbocycles. The first-order chi connectivity index (χ1) is 22.9. The van der Waals surface area contributed by atoms with Crippen LogP contribution in [-0.4, -0.2) is 128 Å². The lowest BCUT2D eigenvalue weighted by Crippen LogP contribution is -2.59. The number of urea groups is 1. The van der Waals surface area contributed by atoms with Gasteiger partial charge in [0, 0.05) is 62.7 Å². The zero-order valence-corrected chi connectivity index (χ0v) is 27.0. The largest absolute Gasteiger partial charge is 0.343 e. The first-order valence-corrected chi connectivity index (χ1v) is 16.8. The second kappa shape index (κ2) is 13.7. The molecule has 0 bridgehead atoms. The van der Waals surface area contributed by atoms with Crippen molar-refractivity contribution in [3.8, 4) is 11.4 Å². The number of piperazine rings is 1. The molecule has 2 aromatic heterocycles. The SMILES string of the molecule is CN1CCC(N2CCN(C(=O)C(Cc3ccc4[nH]ncc4c3)NC(=O)N3CCC(n4nc(-c5ccccc5)[nH]c4=O)CC3)CC2)CC1. The van der Waals surface area contributed by atoms with Crippen molar-refractivity contribution < 1.29 is 9.59 Å². The molecule has 248 valence electrons. The number of aromatic amines is 2. The molecule has 3 N–H and O–H groups in total. The lowest BCUT2D eigenvalue weighted by molar-refractivity contribution is -0.135. The predicted octanol–water partition coefficient (Wildman–Crippen LogP) is 2.31. The van der Waals surface area contributed by atoms with Gasteiger partial charge in [0.2, 0.25) is 5.91 Å². The van der Waals surface area contributed by atoms with Crippen LogP contribution in [0, 0.1) is 0 Å². The minimum atomic E-state index is -0.693. The van der Waals surface area contributed by atoms with Gasteiger partial charge < -0.3 is 20.0 Å². The molecule has 3 aliphatic heterocycles. The predicted molar refractivity (Wildman–Crippen MR) is 179 cm³/mol. The van der Waals surface area contributed by atoms with E-state index in [0.717, 1.165) is 48.2 Å². The molecule has 13 heteroatoms. The third-order valence-electron chi connectivity index (χ3n) is 10.2. The Morgan fingerprint density at radius 1 is 0.894 bits per heavy atom. The number of aromatic nitrogens is 5. The molecule has 1 atom stereocenters. The Hall–Kier alpha value is -4.49. The molecule has 3 amide bonds. The van der Waals surface area contributed by atoms with Gasteiger partial charge >= 0.3 is 11.7 Å². The third kappa shape index (κ3) is 6.96. The maximum absolute atomic E-state index is 14.1. The number of H-pyrrole nitrogens is 2. The number of likely N-dealkylation sites (tertiary alicyclic amines) is 2. The van der Waals surface area contributed by atoms with E-state index >= 15 is 0 Å². The molecule has 3 saturated heterocycles. The standard InChI is InChI=1S/C34H44N10O3/c1-40-13-9-27(10-14-40)41-17-19-42(20-18-41)32(45)30(22-24-7-8-29-26(21-24)23-35-38-29)36-33(46)43-15-11-28(12-16-43)44-34(47)37-31(39-44)25-5-3-2-4-6-25/h2-8,21,23,27-28,30H,9-20,22H2,1H3,(H,35,38)(H,36,46)(H,37,39,47). The highest BCUT2D eigenvalue weighted by Gasteiger charge is 2.34. The fourth-order valence-electron chi connectivity index (χ4n) is 7.31. The van der Waals surface area contributed by atoms with Crippen molar-refractivity contribution in [1.82, 2.24) is 49.9 Å². The van der Waals surface area contributed by atoms with Gasteiger partial charge in [0.1, 0.15) is 6.04 Å². The van der Waals surface area contributed by atoms with Crippen molar-refractivity contribution in [2.75, 3.05) is 59.4 Å². The number of benzene rings is 2. The fourth-order valence-corrected chi connectivity index (χ4v) is 7.31. The van der Waals surface area contributed by atoms with E-state index < -0.39 is 6.04 Å². The van der Waals surface area contributed by atoms with Crippen LogP contribution in [0.15, 0.2) is 59.5 Å².